The monoisotopic (exact) mass is 298 g/mol. The molecule has 0 radical (unpaired) electrons. The minimum absolute atomic E-state index is 0.162. The van der Waals surface area contributed by atoms with Gasteiger partial charge in [0.2, 0.25) is 0 Å². The Balaban J connectivity index is 2.03. The number of aromatic nitrogens is 2. The molecule has 1 aromatic heterocycles. The molecule has 106 valence electrons. The van der Waals surface area contributed by atoms with Crippen molar-refractivity contribution >= 4 is 11.6 Å². The summed E-state index contributed by atoms with van der Waals surface area (Å²) in [7, 11) is 0. The number of nitrogens with zero attached hydrogens (tertiary/aromatic N) is 2. The third-order valence-electron chi connectivity index (χ3n) is 3.34. The summed E-state index contributed by atoms with van der Waals surface area (Å²) in [6.45, 7) is 0. The van der Waals surface area contributed by atoms with Crippen LogP contribution in [0.4, 0.5) is 0 Å². The molecule has 0 aliphatic carbocycles. The maximum atomic E-state index is 5.94. The lowest BCUT2D eigenvalue weighted by atomic mass is 10.0. The van der Waals surface area contributed by atoms with E-state index in [4.69, 9.17) is 17.4 Å². The van der Waals surface area contributed by atoms with Crippen LogP contribution in [0, 0.1) is 0 Å². The number of nitrogens with one attached hydrogen (secondary N) is 1. The molecule has 3 aromatic rings. The Morgan fingerprint density at radius 3 is 2.38 bits per heavy atom. The predicted octanol–water partition coefficient (Wildman–Crippen LogP) is 3.08. The van der Waals surface area contributed by atoms with Crippen LogP contribution in [-0.2, 0) is 0 Å². The molecule has 0 aliphatic heterocycles. The van der Waals surface area contributed by atoms with Crippen molar-refractivity contribution in [2.45, 2.75) is 6.04 Å². The smallest absolute Gasteiger partial charge is 0.0882 e. The first kappa shape index (κ1) is 13.8. The highest BCUT2D eigenvalue weighted by atomic mass is 35.5. The average Bonchev–Trinajstić information content (AvgIpc) is 3.00. The number of hydrogen-bond donors (Lipinski definition) is 2. The van der Waals surface area contributed by atoms with E-state index in [-0.39, 0.29) is 6.04 Å². The number of benzene rings is 2. The Morgan fingerprint density at radius 1 is 1.00 bits per heavy atom. The summed E-state index contributed by atoms with van der Waals surface area (Å²) in [6, 6.07) is 19.3. The van der Waals surface area contributed by atoms with Crippen molar-refractivity contribution in [3.63, 3.8) is 0 Å². The van der Waals surface area contributed by atoms with Gasteiger partial charge in [0.1, 0.15) is 0 Å². The number of hydrogen-bond acceptors (Lipinski definition) is 3. The fourth-order valence-electron chi connectivity index (χ4n) is 2.32. The van der Waals surface area contributed by atoms with Gasteiger partial charge in [0.25, 0.3) is 0 Å². The fraction of sp³-hybridized carbons (Fsp3) is 0.0625. The second-order valence-corrected chi connectivity index (χ2v) is 5.09. The summed E-state index contributed by atoms with van der Waals surface area (Å²) < 4.78 is 1.87. The van der Waals surface area contributed by atoms with Gasteiger partial charge in [0.05, 0.1) is 17.4 Å². The van der Waals surface area contributed by atoms with E-state index in [2.05, 4.69) is 10.5 Å². The zero-order valence-electron chi connectivity index (χ0n) is 11.3. The Morgan fingerprint density at radius 2 is 1.71 bits per heavy atom. The Kier molecular flexibility index (Phi) is 4.01. The van der Waals surface area contributed by atoms with E-state index in [1.807, 2.05) is 65.3 Å². The standard InChI is InChI=1S/C16H15ClN4/c17-13-8-6-12(7-9-13)16(20-18)15-10-11-19-21(15)14-4-2-1-3-5-14/h1-11,16,20H,18H2. The van der Waals surface area contributed by atoms with Gasteiger partial charge < -0.3 is 0 Å². The van der Waals surface area contributed by atoms with Crippen LogP contribution >= 0.6 is 11.6 Å². The van der Waals surface area contributed by atoms with Crippen molar-refractivity contribution in [2.75, 3.05) is 0 Å². The van der Waals surface area contributed by atoms with Crippen LogP contribution < -0.4 is 11.3 Å². The number of halogens is 1. The molecule has 0 bridgehead atoms. The molecule has 0 fully saturated rings. The molecule has 0 saturated heterocycles. The number of hydrazine groups is 1. The minimum atomic E-state index is -0.162. The van der Waals surface area contributed by atoms with Gasteiger partial charge >= 0.3 is 0 Å². The minimum Gasteiger partial charge on any atom is -0.271 e. The maximum absolute atomic E-state index is 5.94. The first-order chi connectivity index (χ1) is 10.3. The van der Waals surface area contributed by atoms with Gasteiger partial charge in [-0.3, -0.25) is 5.84 Å². The average molecular weight is 299 g/mol. The van der Waals surface area contributed by atoms with Crippen LogP contribution in [0.3, 0.4) is 0 Å². The molecule has 1 atom stereocenters. The van der Waals surface area contributed by atoms with Crippen LogP contribution in [0.25, 0.3) is 5.69 Å². The topological polar surface area (TPSA) is 55.9 Å². The molecule has 5 heteroatoms. The molecular weight excluding hydrogens is 284 g/mol. The molecule has 2 aromatic carbocycles. The molecular formula is C16H15ClN4. The summed E-state index contributed by atoms with van der Waals surface area (Å²) >= 11 is 5.94. The lowest BCUT2D eigenvalue weighted by molar-refractivity contribution is 0.597. The van der Waals surface area contributed by atoms with Gasteiger partial charge in [-0.15, -0.1) is 0 Å². The second-order valence-electron chi connectivity index (χ2n) is 4.65. The second kappa shape index (κ2) is 6.10. The fourth-order valence-corrected chi connectivity index (χ4v) is 2.45. The van der Waals surface area contributed by atoms with E-state index in [0.29, 0.717) is 5.02 Å². The van der Waals surface area contributed by atoms with E-state index in [9.17, 15) is 0 Å². The van der Waals surface area contributed by atoms with Crippen molar-refractivity contribution in [3.05, 3.63) is 83.1 Å². The van der Waals surface area contributed by atoms with E-state index in [0.717, 1.165) is 16.9 Å². The number of rotatable bonds is 4. The largest absolute Gasteiger partial charge is 0.271 e. The quantitative estimate of drug-likeness (QED) is 0.575. The zero-order valence-corrected chi connectivity index (χ0v) is 12.0. The SMILES string of the molecule is NNC(c1ccc(Cl)cc1)c1ccnn1-c1ccccc1. The third kappa shape index (κ3) is 2.83. The van der Waals surface area contributed by atoms with Crippen LogP contribution in [0.2, 0.25) is 5.02 Å². The molecule has 1 heterocycles. The van der Waals surface area contributed by atoms with Crippen LogP contribution in [0.15, 0.2) is 66.9 Å². The van der Waals surface area contributed by atoms with E-state index < -0.39 is 0 Å². The van der Waals surface area contributed by atoms with Gasteiger partial charge in [-0.1, -0.05) is 41.9 Å². The maximum Gasteiger partial charge on any atom is 0.0882 e. The van der Waals surface area contributed by atoms with Crippen molar-refractivity contribution in [3.8, 4) is 5.69 Å². The third-order valence-corrected chi connectivity index (χ3v) is 3.59. The van der Waals surface area contributed by atoms with Gasteiger partial charge in [0.15, 0.2) is 0 Å². The molecule has 3 N–H and O–H groups in total. The first-order valence-corrected chi connectivity index (χ1v) is 6.98. The van der Waals surface area contributed by atoms with Crippen molar-refractivity contribution in [2.24, 2.45) is 5.84 Å². The summed E-state index contributed by atoms with van der Waals surface area (Å²) in [5.41, 5.74) is 5.83. The highest BCUT2D eigenvalue weighted by Gasteiger charge is 2.17. The van der Waals surface area contributed by atoms with Gasteiger partial charge in [-0.2, -0.15) is 5.10 Å². The summed E-state index contributed by atoms with van der Waals surface area (Å²) in [5, 5.41) is 5.09. The molecule has 0 amide bonds. The van der Waals surface area contributed by atoms with Crippen molar-refractivity contribution in [1.82, 2.24) is 15.2 Å². The highest BCUT2D eigenvalue weighted by molar-refractivity contribution is 6.30. The Labute approximate surface area is 128 Å². The first-order valence-electron chi connectivity index (χ1n) is 6.60. The molecule has 0 saturated carbocycles. The van der Waals surface area contributed by atoms with Gasteiger partial charge in [0, 0.05) is 11.2 Å². The van der Waals surface area contributed by atoms with Gasteiger partial charge in [-0.25, -0.2) is 10.1 Å². The van der Waals surface area contributed by atoms with Crippen LogP contribution in [0.5, 0.6) is 0 Å². The van der Waals surface area contributed by atoms with E-state index in [1.54, 1.807) is 6.20 Å². The van der Waals surface area contributed by atoms with Crippen LogP contribution in [0.1, 0.15) is 17.3 Å². The van der Waals surface area contributed by atoms with E-state index >= 15 is 0 Å². The lowest BCUT2D eigenvalue weighted by Gasteiger charge is -2.18. The van der Waals surface area contributed by atoms with Crippen molar-refractivity contribution in [1.29, 1.82) is 0 Å². The molecule has 3 rings (SSSR count). The lowest BCUT2D eigenvalue weighted by Crippen LogP contribution is -2.30. The summed E-state index contributed by atoms with van der Waals surface area (Å²) in [6.07, 6.45) is 1.77. The molecule has 4 nitrogen and oxygen atoms in total. The molecule has 0 spiro atoms. The highest BCUT2D eigenvalue weighted by Crippen LogP contribution is 2.24. The number of para-hydroxylation sites is 1. The summed E-state index contributed by atoms with van der Waals surface area (Å²) in [5.74, 6) is 5.76. The normalized spacial score (nSPS) is 12.3. The van der Waals surface area contributed by atoms with Crippen molar-refractivity contribution < 1.29 is 0 Å². The number of nitrogens with two attached hydrogens (primary N) is 1. The molecule has 21 heavy (non-hydrogen) atoms. The van der Waals surface area contributed by atoms with E-state index in [1.165, 1.54) is 0 Å². The Hall–Kier alpha value is -2.14. The molecule has 1 unspecified atom stereocenters. The Bertz CT molecular complexity index is 707. The zero-order chi connectivity index (χ0) is 14.7. The summed E-state index contributed by atoms with van der Waals surface area (Å²) in [4.78, 5) is 0. The van der Waals surface area contributed by atoms with Gasteiger partial charge in [-0.05, 0) is 35.9 Å². The molecule has 0 aliphatic rings. The van der Waals surface area contributed by atoms with Crippen LogP contribution in [-0.4, -0.2) is 9.78 Å². The predicted molar refractivity (Wildman–Crippen MR) is 84.2 cm³/mol.